The first-order valence-corrected chi connectivity index (χ1v) is 28.8. The van der Waals surface area contributed by atoms with Crippen molar-refractivity contribution in [1.82, 2.24) is 5.32 Å². The van der Waals surface area contributed by atoms with E-state index in [1.54, 1.807) is 6.08 Å². The summed E-state index contributed by atoms with van der Waals surface area (Å²) in [6.45, 7) is 5.59. The van der Waals surface area contributed by atoms with E-state index >= 15 is 0 Å². The minimum Gasteiger partial charge on any atom is -0.454 e. The lowest BCUT2D eigenvalue weighted by atomic mass is 9.99. The van der Waals surface area contributed by atoms with Crippen molar-refractivity contribution in [3.63, 3.8) is 0 Å². The van der Waals surface area contributed by atoms with Gasteiger partial charge in [0.25, 0.3) is 0 Å². The number of carbonyl (C=O) groups excluding carboxylic acids is 2. The standard InChI is InChI=1S/C60H105NO10/c1-4-7-10-13-16-19-22-24-25-26-27-28-29-30-33-36-39-42-45-48-55(65)71-58-57(67)56(66)54(49-62)70-60(58)69-50-51(52(63)46-43-40-37-34-31-21-18-15-12-9-6-3)61-59(68)53(64)47-44-41-38-35-32-23-20-17-14-11-8-5-2/h8,11,14,17,20,23-25,32,35,43,46,51-54,56-58,60,62-64,66-67H,4-7,9-10,12-13,15-16,18-19,21-22,26-31,33-34,36-42,44-45,47-50H2,1-3H3,(H,61,68)/b11-8+,17-14+,23-20-,25-24+,35-32-,46-43+. The number of nitrogens with one attached hydrogen (secondary N) is 1. The zero-order valence-corrected chi connectivity index (χ0v) is 45.1. The van der Waals surface area contributed by atoms with Crippen molar-refractivity contribution < 1.29 is 49.3 Å². The van der Waals surface area contributed by atoms with Gasteiger partial charge in [-0.05, 0) is 70.6 Å². The highest BCUT2D eigenvalue weighted by Gasteiger charge is 2.47. The Kier molecular flexibility index (Phi) is 44.8. The number of aliphatic hydroxyl groups is 5. The van der Waals surface area contributed by atoms with Gasteiger partial charge in [0.05, 0.1) is 25.4 Å². The van der Waals surface area contributed by atoms with Crippen LogP contribution in [-0.4, -0.2) is 99.6 Å². The molecule has 410 valence electrons. The number of hydrogen-bond donors (Lipinski definition) is 6. The molecule has 11 heteroatoms. The third kappa shape index (κ3) is 36.6. The normalized spacial score (nSPS) is 20.1. The molecule has 1 rings (SSSR count). The zero-order chi connectivity index (χ0) is 51.8. The highest BCUT2D eigenvalue weighted by molar-refractivity contribution is 5.80. The predicted molar refractivity (Wildman–Crippen MR) is 292 cm³/mol. The van der Waals surface area contributed by atoms with Crippen LogP contribution in [0.2, 0.25) is 0 Å². The number of ether oxygens (including phenoxy) is 3. The van der Waals surface area contributed by atoms with Gasteiger partial charge in [-0.2, -0.15) is 0 Å². The van der Waals surface area contributed by atoms with Crippen LogP contribution in [0.4, 0.5) is 0 Å². The minimum absolute atomic E-state index is 0.114. The van der Waals surface area contributed by atoms with E-state index in [0.29, 0.717) is 12.8 Å². The molecule has 0 bridgehead atoms. The number of unbranched alkanes of at least 4 members (excludes halogenated alkanes) is 26. The molecule has 0 spiro atoms. The molecule has 0 aromatic rings. The second kappa shape index (κ2) is 48.1. The quantitative estimate of drug-likeness (QED) is 0.0149. The highest BCUT2D eigenvalue weighted by Crippen LogP contribution is 2.26. The van der Waals surface area contributed by atoms with E-state index in [0.717, 1.165) is 64.2 Å². The van der Waals surface area contributed by atoms with Gasteiger partial charge in [0.2, 0.25) is 5.91 Å². The number of hydrogen-bond acceptors (Lipinski definition) is 10. The molecule has 8 atom stereocenters. The maximum absolute atomic E-state index is 13.3. The molecule has 0 saturated carbocycles. The van der Waals surface area contributed by atoms with Crippen LogP contribution < -0.4 is 5.32 Å². The summed E-state index contributed by atoms with van der Waals surface area (Å²) < 4.78 is 17.5. The van der Waals surface area contributed by atoms with Crippen molar-refractivity contribution in [2.24, 2.45) is 0 Å². The Hall–Kier alpha value is -2.90. The Bertz CT molecular complexity index is 1430. The Morgan fingerprint density at radius 1 is 0.563 bits per heavy atom. The molecule has 0 radical (unpaired) electrons. The topological polar surface area (TPSA) is 175 Å². The molecule has 0 aromatic carbocycles. The van der Waals surface area contributed by atoms with Crippen molar-refractivity contribution in [2.75, 3.05) is 13.2 Å². The lowest BCUT2D eigenvalue weighted by Gasteiger charge is -2.41. The van der Waals surface area contributed by atoms with Crippen LogP contribution in [0.15, 0.2) is 72.9 Å². The van der Waals surface area contributed by atoms with Gasteiger partial charge in [-0.1, -0.05) is 229 Å². The summed E-state index contributed by atoms with van der Waals surface area (Å²) in [5.74, 6) is -1.24. The van der Waals surface area contributed by atoms with E-state index in [9.17, 15) is 35.1 Å². The summed E-state index contributed by atoms with van der Waals surface area (Å²) in [5.41, 5.74) is 0. The molecule has 1 saturated heterocycles. The van der Waals surface area contributed by atoms with Crippen LogP contribution in [0.5, 0.6) is 0 Å². The molecule has 71 heavy (non-hydrogen) atoms. The van der Waals surface area contributed by atoms with Crippen LogP contribution in [0.3, 0.4) is 0 Å². The van der Waals surface area contributed by atoms with Crippen molar-refractivity contribution in [3.8, 4) is 0 Å². The fraction of sp³-hybridized carbons (Fsp3) is 0.767. The number of esters is 1. The summed E-state index contributed by atoms with van der Waals surface area (Å²) in [5, 5.41) is 56.7. The molecule has 1 aliphatic heterocycles. The van der Waals surface area contributed by atoms with Gasteiger partial charge in [-0.25, -0.2) is 0 Å². The van der Waals surface area contributed by atoms with E-state index < -0.39 is 67.4 Å². The van der Waals surface area contributed by atoms with Crippen LogP contribution in [0, 0.1) is 0 Å². The zero-order valence-electron chi connectivity index (χ0n) is 45.1. The molecule has 1 fully saturated rings. The van der Waals surface area contributed by atoms with Crippen molar-refractivity contribution in [1.29, 1.82) is 0 Å². The molecule has 1 aliphatic rings. The second-order valence-electron chi connectivity index (χ2n) is 19.7. The number of rotatable bonds is 47. The first kappa shape index (κ1) is 66.1. The van der Waals surface area contributed by atoms with Crippen molar-refractivity contribution >= 4 is 11.9 Å². The number of amides is 1. The van der Waals surface area contributed by atoms with Crippen molar-refractivity contribution in [2.45, 2.75) is 282 Å². The van der Waals surface area contributed by atoms with Gasteiger partial charge in [0.1, 0.15) is 24.4 Å². The lowest BCUT2D eigenvalue weighted by molar-refractivity contribution is -0.305. The van der Waals surface area contributed by atoms with E-state index in [1.807, 2.05) is 48.6 Å². The summed E-state index contributed by atoms with van der Waals surface area (Å²) >= 11 is 0. The van der Waals surface area contributed by atoms with Crippen molar-refractivity contribution in [3.05, 3.63) is 72.9 Å². The average Bonchev–Trinajstić information content (AvgIpc) is 3.37. The van der Waals surface area contributed by atoms with Crippen LogP contribution >= 0.6 is 0 Å². The maximum atomic E-state index is 13.3. The molecule has 8 unspecified atom stereocenters. The molecular formula is C60H105NO10. The summed E-state index contributed by atoms with van der Waals surface area (Å²) in [6, 6.07) is -1.05. The van der Waals surface area contributed by atoms with Gasteiger partial charge in [0, 0.05) is 6.42 Å². The Labute approximate surface area is 432 Å². The smallest absolute Gasteiger partial charge is 0.306 e. The summed E-state index contributed by atoms with van der Waals surface area (Å²) in [4.78, 5) is 26.4. The highest BCUT2D eigenvalue weighted by atomic mass is 16.7. The molecule has 1 amide bonds. The van der Waals surface area contributed by atoms with Crippen LogP contribution in [0.1, 0.15) is 233 Å². The van der Waals surface area contributed by atoms with E-state index in [1.165, 1.54) is 122 Å². The van der Waals surface area contributed by atoms with Gasteiger partial charge < -0.3 is 45.1 Å². The first-order valence-electron chi connectivity index (χ1n) is 28.8. The molecule has 6 N–H and O–H groups in total. The first-order chi connectivity index (χ1) is 34.7. The number of allylic oxidation sites excluding steroid dienone is 11. The fourth-order valence-electron chi connectivity index (χ4n) is 8.60. The number of aliphatic hydroxyl groups excluding tert-OH is 5. The third-order valence-electron chi connectivity index (χ3n) is 13.2. The molecule has 11 nitrogen and oxygen atoms in total. The van der Waals surface area contributed by atoms with Gasteiger partial charge in [-0.3, -0.25) is 9.59 Å². The molecule has 0 aromatic heterocycles. The van der Waals surface area contributed by atoms with Gasteiger partial charge in [0.15, 0.2) is 12.4 Å². The van der Waals surface area contributed by atoms with E-state index in [-0.39, 0.29) is 19.4 Å². The Morgan fingerprint density at radius 2 is 1.03 bits per heavy atom. The lowest BCUT2D eigenvalue weighted by Crippen LogP contribution is -2.61. The maximum Gasteiger partial charge on any atom is 0.306 e. The predicted octanol–water partition coefficient (Wildman–Crippen LogP) is 12.8. The third-order valence-corrected chi connectivity index (χ3v) is 13.2. The summed E-state index contributed by atoms with van der Waals surface area (Å²) in [6.07, 6.45) is 49.6. The molecular weight excluding hydrogens is 895 g/mol. The second-order valence-corrected chi connectivity index (χ2v) is 19.7. The minimum atomic E-state index is -1.62. The Morgan fingerprint density at radius 3 is 1.56 bits per heavy atom. The average molecular weight is 1000 g/mol. The van der Waals surface area contributed by atoms with Gasteiger partial charge in [-0.15, -0.1) is 0 Å². The van der Waals surface area contributed by atoms with Crippen LogP contribution in [0.25, 0.3) is 0 Å². The van der Waals surface area contributed by atoms with Crippen LogP contribution in [-0.2, 0) is 23.8 Å². The summed E-state index contributed by atoms with van der Waals surface area (Å²) in [7, 11) is 0. The van der Waals surface area contributed by atoms with E-state index in [2.05, 4.69) is 44.3 Å². The Balaban J connectivity index is 2.71. The largest absolute Gasteiger partial charge is 0.454 e. The SMILES string of the molecule is CC/C=C/C=C/C=C\C=C/CCCCC(O)C(=O)NC(COC1OC(CO)C(O)C(O)C1OC(=O)CCCCCCCCCCC/C=C/CCCCCCCC)C(O)/C=C/CCCCCCCCCCC. The molecule has 0 aliphatic carbocycles. The fourth-order valence-corrected chi connectivity index (χ4v) is 8.60. The van der Waals surface area contributed by atoms with Gasteiger partial charge >= 0.3 is 5.97 Å². The molecule has 1 heterocycles. The number of carbonyl (C=O) groups is 2. The van der Waals surface area contributed by atoms with E-state index in [4.69, 9.17) is 14.2 Å². The monoisotopic (exact) mass is 1000 g/mol.